The van der Waals surface area contributed by atoms with E-state index in [1.165, 1.54) is 12.8 Å². The minimum absolute atomic E-state index is 0.217. The minimum Gasteiger partial charge on any atom is -0.481 e. The first-order valence-corrected chi connectivity index (χ1v) is 9.32. The van der Waals surface area contributed by atoms with Crippen LogP contribution in [0.1, 0.15) is 77.6 Å². The third-order valence-corrected chi connectivity index (χ3v) is 4.24. The third-order valence-electron chi connectivity index (χ3n) is 3.99. The lowest BCUT2D eigenvalue weighted by Gasteiger charge is -2.23. The van der Waals surface area contributed by atoms with Gasteiger partial charge < -0.3 is 20.8 Å². The highest BCUT2D eigenvalue weighted by atomic mass is 32.1. The average Bonchev–Trinajstić information content (AvgIpc) is 2.48. The summed E-state index contributed by atoms with van der Waals surface area (Å²) in [4.78, 5) is 12.4. The SMILES string of the molecule is CCCCC[C@H](O)CCCN(CCCCCCC(=O)O)C(N)=S. The number of carboxylic acids is 1. The van der Waals surface area contributed by atoms with E-state index in [1.54, 1.807) is 0 Å². The normalized spacial score (nSPS) is 12.1. The number of aliphatic hydroxyl groups is 1. The molecule has 0 aromatic carbocycles. The number of unbranched alkanes of at least 4 members (excludes halogenated alkanes) is 5. The van der Waals surface area contributed by atoms with Crippen molar-refractivity contribution in [3.63, 3.8) is 0 Å². The number of thiocarbonyl (C=S) groups is 1. The molecule has 0 aliphatic rings. The Morgan fingerprint density at radius 2 is 1.65 bits per heavy atom. The quantitative estimate of drug-likeness (QED) is 0.311. The standard InChI is InChI=1S/C17H34N2O3S/c1-2-3-6-10-15(20)11-9-14-19(17(18)23)13-8-5-4-7-12-16(21)22/h15,20H,2-14H2,1H3,(H2,18,23)(H,21,22)/t15-/m0/s1. The van der Waals surface area contributed by atoms with Crippen molar-refractivity contribution >= 4 is 23.3 Å². The number of nitrogens with two attached hydrogens (primary N) is 1. The Morgan fingerprint density at radius 1 is 1.04 bits per heavy atom. The predicted octanol–water partition coefficient (Wildman–Crippen LogP) is 3.29. The second-order valence-corrected chi connectivity index (χ2v) is 6.59. The Kier molecular flexibility index (Phi) is 14.1. The maximum Gasteiger partial charge on any atom is 0.303 e. The van der Waals surface area contributed by atoms with Gasteiger partial charge in [-0.2, -0.15) is 0 Å². The number of aliphatic hydroxyl groups excluding tert-OH is 1. The lowest BCUT2D eigenvalue weighted by Crippen LogP contribution is -2.37. The molecule has 0 aromatic heterocycles. The van der Waals surface area contributed by atoms with Gasteiger partial charge in [0.05, 0.1) is 6.10 Å². The summed E-state index contributed by atoms with van der Waals surface area (Å²) in [6, 6.07) is 0. The number of hydrogen-bond acceptors (Lipinski definition) is 3. The largest absolute Gasteiger partial charge is 0.481 e. The van der Waals surface area contributed by atoms with Crippen LogP contribution in [0.2, 0.25) is 0 Å². The first-order chi connectivity index (χ1) is 11.0. The molecule has 0 aliphatic carbocycles. The Bertz CT molecular complexity index is 327. The van der Waals surface area contributed by atoms with Gasteiger partial charge in [0.25, 0.3) is 0 Å². The van der Waals surface area contributed by atoms with E-state index in [1.807, 2.05) is 4.90 Å². The van der Waals surface area contributed by atoms with Crippen LogP contribution in [0.3, 0.4) is 0 Å². The van der Waals surface area contributed by atoms with Crippen LogP contribution in [0.4, 0.5) is 0 Å². The first kappa shape index (κ1) is 22.1. The number of aliphatic carboxylic acids is 1. The first-order valence-electron chi connectivity index (χ1n) is 8.91. The molecule has 0 rings (SSSR count). The summed E-state index contributed by atoms with van der Waals surface area (Å²) in [5.41, 5.74) is 5.75. The van der Waals surface area contributed by atoms with Crippen LogP contribution in [0, 0.1) is 0 Å². The summed E-state index contributed by atoms with van der Waals surface area (Å²) in [7, 11) is 0. The van der Waals surface area contributed by atoms with Crippen molar-refractivity contribution < 1.29 is 15.0 Å². The van der Waals surface area contributed by atoms with Gasteiger partial charge in [-0.05, 0) is 44.3 Å². The fraction of sp³-hybridized carbons (Fsp3) is 0.882. The molecule has 0 unspecified atom stereocenters. The Morgan fingerprint density at radius 3 is 2.26 bits per heavy atom. The van der Waals surface area contributed by atoms with Gasteiger partial charge in [-0.15, -0.1) is 0 Å². The lowest BCUT2D eigenvalue weighted by molar-refractivity contribution is -0.137. The molecular formula is C17H34N2O3S. The molecule has 1 atom stereocenters. The van der Waals surface area contributed by atoms with Gasteiger partial charge >= 0.3 is 5.97 Å². The minimum atomic E-state index is -0.729. The zero-order valence-electron chi connectivity index (χ0n) is 14.5. The number of carbonyl (C=O) groups is 1. The van der Waals surface area contributed by atoms with Crippen LogP contribution in [0.5, 0.6) is 0 Å². The summed E-state index contributed by atoms with van der Waals surface area (Å²) in [5.74, 6) is -0.729. The van der Waals surface area contributed by atoms with Gasteiger partial charge in [0.1, 0.15) is 0 Å². The molecular weight excluding hydrogens is 312 g/mol. The zero-order valence-corrected chi connectivity index (χ0v) is 15.3. The van der Waals surface area contributed by atoms with Crippen LogP contribution < -0.4 is 5.73 Å². The number of carboxylic acid groups (broad SMARTS) is 1. The lowest BCUT2D eigenvalue weighted by atomic mass is 10.1. The van der Waals surface area contributed by atoms with Gasteiger partial charge in [0.2, 0.25) is 0 Å². The molecule has 6 heteroatoms. The second kappa shape index (κ2) is 14.7. The van der Waals surface area contributed by atoms with E-state index < -0.39 is 5.97 Å². The molecule has 0 heterocycles. The Labute approximate surface area is 146 Å². The number of hydrogen-bond donors (Lipinski definition) is 3. The smallest absolute Gasteiger partial charge is 0.303 e. The summed E-state index contributed by atoms with van der Waals surface area (Å²) in [5, 5.41) is 18.9. The maximum absolute atomic E-state index is 10.4. The fourth-order valence-electron chi connectivity index (χ4n) is 2.56. The molecule has 5 nitrogen and oxygen atoms in total. The summed E-state index contributed by atoms with van der Waals surface area (Å²) < 4.78 is 0. The van der Waals surface area contributed by atoms with E-state index in [9.17, 15) is 9.90 Å². The van der Waals surface area contributed by atoms with Crippen LogP contribution in [-0.2, 0) is 4.79 Å². The average molecular weight is 347 g/mol. The molecule has 0 amide bonds. The summed E-state index contributed by atoms with van der Waals surface area (Å²) in [6.45, 7) is 3.76. The van der Waals surface area contributed by atoms with E-state index >= 15 is 0 Å². The van der Waals surface area contributed by atoms with Crippen molar-refractivity contribution in [1.82, 2.24) is 4.90 Å². The molecule has 136 valence electrons. The van der Waals surface area contributed by atoms with Crippen molar-refractivity contribution in [2.75, 3.05) is 13.1 Å². The third kappa shape index (κ3) is 14.4. The van der Waals surface area contributed by atoms with E-state index in [0.717, 1.165) is 64.5 Å². The molecule has 4 N–H and O–H groups in total. The Hall–Kier alpha value is -0.880. The van der Waals surface area contributed by atoms with Gasteiger partial charge in [0, 0.05) is 19.5 Å². The molecule has 0 aromatic rings. The highest BCUT2D eigenvalue weighted by molar-refractivity contribution is 7.80. The molecule has 0 saturated carbocycles. The molecule has 0 saturated heterocycles. The van der Waals surface area contributed by atoms with Gasteiger partial charge in [0.15, 0.2) is 5.11 Å². The summed E-state index contributed by atoms with van der Waals surface area (Å²) >= 11 is 5.08. The molecule has 0 spiro atoms. The van der Waals surface area contributed by atoms with E-state index in [2.05, 4.69) is 6.92 Å². The molecule has 0 bridgehead atoms. The fourth-order valence-corrected chi connectivity index (χ4v) is 2.74. The van der Waals surface area contributed by atoms with Crippen LogP contribution >= 0.6 is 12.2 Å². The van der Waals surface area contributed by atoms with Crippen molar-refractivity contribution in [3.8, 4) is 0 Å². The van der Waals surface area contributed by atoms with E-state index in [0.29, 0.717) is 5.11 Å². The number of nitrogens with zero attached hydrogens (tertiary/aromatic N) is 1. The van der Waals surface area contributed by atoms with Gasteiger partial charge in [-0.25, -0.2) is 0 Å². The van der Waals surface area contributed by atoms with Gasteiger partial charge in [-0.1, -0.05) is 39.0 Å². The van der Waals surface area contributed by atoms with Crippen LogP contribution in [-0.4, -0.2) is 45.4 Å². The van der Waals surface area contributed by atoms with Gasteiger partial charge in [-0.3, -0.25) is 4.79 Å². The number of rotatable bonds is 15. The topological polar surface area (TPSA) is 86.8 Å². The van der Waals surface area contributed by atoms with E-state index in [4.69, 9.17) is 23.1 Å². The Balaban J connectivity index is 3.73. The zero-order chi connectivity index (χ0) is 17.5. The predicted molar refractivity (Wildman–Crippen MR) is 98.5 cm³/mol. The monoisotopic (exact) mass is 346 g/mol. The highest BCUT2D eigenvalue weighted by Gasteiger charge is 2.09. The van der Waals surface area contributed by atoms with Crippen LogP contribution in [0.15, 0.2) is 0 Å². The molecule has 0 radical (unpaired) electrons. The van der Waals surface area contributed by atoms with E-state index in [-0.39, 0.29) is 12.5 Å². The van der Waals surface area contributed by atoms with Crippen molar-refractivity contribution in [1.29, 1.82) is 0 Å². The van der Waals surface area contributed by atoms with Crippen molar-refractivity contribution in [3.05, 3.63) is 0 Å². The molecule has 23 heavy (non-hydrogen) atoms. The van der Waals surface area contributed by atoms with Crippen molar-refractivity contribution in [2.45, 2.75) is 83.7 Å². The molecule has 0 aliphatic heterocycles. The van der Waals surface area contributed by atoms with Crippen molar-refractivity contribution in [2.24, 2.45) is 5.73 Å². The van der Waals surface area contributed by atoms with Crippen LogP contribution in [0.25, 0.3) is 0 Å². The second-order valence-electron chi connectivity index (χ2n) is 6.18. The molecule has 0 fully saturated rings. The highest BCUT2D eigenvalue weighted by Crippen LogP contribution is 2.10. The summed E-state index contributed by atoms with van der Waals surface area (Å²) in [6.07, 6.45) is 9.65. The maximum atomic E-state index is 10.4.